The molecule has 0 spiro atoms. The fraction of sp³-hybridized carbons (Fsp3) is 0.364. The lowest BCUT2D eigenvalue weighted by Crippen LogP contribution is -2.35. The summed E-state index contributed by atoms with van der Waals surface area (Å²) in [6.07, 6.45) is 0.145. The summed E-state index contributed by atoms with van der Waals surface area (Å²) in [7, 11) is 0. The molecule has 0 aliphatic rings. The number of para-hydroxylation sites is 1. The lowest BCUT2D eigenvalue weighted by atomic mass is 9.85. The largest absolute Gasteiger partial charge is 0.352 e. The molecular weight excluding hydrogens is 343 g/mol. The molecule has 0 fully saturated rings. The second kappa shape index (κ2) is 8.80. The number of nitrogens with one attached hydrogen (secondary N) is 1. The van der Waals surface area contributed by atoms with Crippen LogP contribution < -0.4 is 10.2 Å². The maximum Gasteiger partial charge on any atom is 0.223 e. The van der Waals surface area contributed by atoms with Crippen LogP contribution in [0.25, 0.3) is 0 Å². The fourth-order valence-electron chi connectivity index (χ4n) is 2.93. The van der Waals surface area contributed by atoms with Crippen LogP contribution >= 0.6 is 0 Å². The topological polar surface area (TPSA) is 49.4 Å². The van der Waals surface area contributed by atoms with Gasteiger partial charge >= 0.3 is 0 Å². The van der Waals surface area contributed by atoms with Gasteiger partial charge in [-0.2, -0.15) is 0 Å². The molecule has 2 rings (SSSR count). The molecule has 5 heteroatoms. The van der Waals surface area contributed by atoms with E-state index in [9.17, 15) is 14.0 Å². The predicted octanol–water partition coefficient (Wildman–Crippen LogP) is 4.18. The molecule has 0 aromatic heterocycles. The molecule has 2 aromatic carbocycles. The van der Waals surface area contributed by atoms with E-state index in [-0.39, 0.29) is 42.6 Å². The Morgan fingerprint density at radius 3 is 2.30 bits per heavy atom. The summed E-state index contributed by atoms with van der Waals surface area (Å²) < 4.78 is 13.6. The van der Waals surface area contributed by atoms with E-state index in [0.717, 1.165) is 11.3 Å². The van der Waals surface area contributed by atoms with Crippen LogP contribution in [0.1, 0.15) is 45.2 Å². The molecule has 2 amide bonds. The third-order valence-corrected chi connectivity index (χ3v) is 4.38. The zero-order valence-corrected chi connectivity index (χ0v) is 16.4. The van der Waals surface area contributed by atoms with Crippen molar-refractivity contribution in [2.24, 2.45) is 0 Å². The standard InChI is InChI=1S/C22H27FN2O2/c1-16(26)25(20-12-8-6-10-18(20)22(2,3)4)14-13-21(27)24-15-17-9-5-7-11-19(17)23/h5-12H,13-15H2,1-4H3,(H,24,27). The maximum atomic E-state index is 13.6. The molecule has 0 aliphatic heterocycles. The van der Waals surface area contributed by atoms with Crippen LogP contribution in [-0.4, -0.2) is 18.4 Å². The van der Waals surface area contributed by atoms with Crippen LogP contribution in [0.2, 0.25) is 0 Å². The van der Waals surface area contributed by atoms with Crippen LogP contribution in [0.5, 0.6) is 0 Å². The first-order chi connectivity index (χ1) is 12.7. The number of hydrogen-bond acceptors (Lipinski definition) is 2. The first-order valence-electron chi connectivity index (χ1n) is 9.08. The Balaban J connectivity index is 2.04. The Morgan fingerprint density at radius 2 is 1.67 bits per heavy atom. The Morgan fingerprint density at radius 1 is 1.04 bits per heavy atom. The zero-order chi connectivity index (χ0) is 20.0. The van der Waals surface area contributed by atoms with Crippen molar-refractivity contribution in [1.29, 1.82) is 0 Å². The quantitative estimate of drug-likeness (QED) is 0.829. The fourth-order valence-corrected chi connectivity index (χ4v) is 2.93. The highest BCUT2D eigenvalue weighted by atomic mass is 19.1. The van der Waals surface area contributed by atoms with Crippen LogP contribution in [0.15, 0.2) is 48.5 Å². The average molecular weight is 370 g/mol. The highest BCUT2D eigenvalue weighted by Crippen LogP contribution is 2.32. The second-order valence-electron chi connectivity index (χ2n) is 7.56. The first kappa shape index (κ1) is 20.6. The molecule has 1 N–H and O–H groups in total. The van der Waals surface area contributed by atoms with E-state index in [1.807, 2.05) is 24.3 Å². The van der Waals surface area contributed by atoms with E-state index >= 15 is 0 Å². The van der Waals surface area contributed by atoms with Crippen LogP contribution in [0.4, 0.5) is 10.1 Å². The molecule has 0 radical (unpaired) electrons. The Kier molecular flexibility index (Phi) is 6.72. The van der Waals surface area contributed by atoms with Gasteiger partial charge in [-0.3, -0.25) is 9.59 Å². The lowest BCUT2D eigenvalue weighted by molar-refractivity contribution is -0.121. The molecule has 27 heavy (non-hydrogen) atoms. The van der Waals surface area contributed by atoms with Crippen LogP contribution in [0, 0.1) is 5.82 Å². The molecular formula is C22H27FN2O2. The molecule has 0 unspecified atom stereocenters. The van der Waals surface area contributed by atoms with E-state index in [1.165, 1.54) is 13.0 Å². The van der Waals surface area contributed by atoms with Gasteiger partial charge in [-0.1, -0.05) is 57.2 Å². The number of halogens is 1. The van der Waals surface area contributed by atoms with Crippen molar-refractivity contribution >= 4 is 17.5 Å². The van der Waals surface area contributed by atoms with E-state index in [2.05, 4.69) is 26.1 Å². The van der Waals surface area contributed by atoms with Gasteiger partial charge in [-0.15, -0.1) is 0 Å². The molecule has 0 aliphatic carbocycles. The van der Waals surface area contributed by atoms with Gasteiger partial charge in [0, 0.05) is 37.7 Å². The number of carbonyl (C=O) groups is 2. The van der Waals surface area contributed by atoms with Gasteiger partial charge in [0.1, 0.15) is 5.82 Å². The molecule has 4 nitrogen and oxygen atoms in total. The molecule has 0 saturated heterocycles. The number of benzene rings is 2. The van der Waals surface area contributed by atoms with Gasteiger partial charge < -0.3 is 10.2 Å². The van der Waals surface area contributed by atoms with E-state index in [4.69, 9.17) is 0 Å². The number of rotatable bonds is 6. The predicted molar refractivity (Wildman–Crippen MR) is 106 cm³/mol. The molecule has 0 heterocycles. The minimum absolute atomic E-state index is 0.117. The van der Waals surface area contributed by atoms with Crippen LogP contribution in [0.3, 0.4) is 0 Å². The third-order valence-electron chi connectivity index (χ3n) is 4.38. The Hall–Kier alpha value is -2.69. The SMILES string of the molecule is CC(=O)N(CCC(=O)NCc1ccccc1F)c1ccccc1C(C)(C)C. The smallest absolute Gasteiger partial charge is 0.223 e. The highest BCUT2D eigenvalue weighted by molar-refractivity contribution is 5.93. The second-order valence-corrected chi connectivity index (χ2v) is 7.56. The van der Waals surface area contributed by atoms with Crippen molar-refractivity contribution in [1.82, 2.24) is 5.32 Å². The highest BCUT2D eigenvalue weighted by Gasteiger charge is 2.23. The van der Waals surface area contributed by atoms with E-state index in [0.29, 0.717) is 5.56 Å². The molecule has 0 saturated carbocycles. The van der Waals surface area contributed by atoms with Gasteiger partial charge in [0.05, 0.1) is 0 Å². The summed E-state index contributed by atoms with van der Waals surface area (Å²) in [6.45, 7) is 8.16. The number of nitrogens with zero attached hydrogens (tertiary/aromatic N) is 1. The summed E-state index contributed by atoms with van der Waals surface area (Å²) in [4.78, 5) is 26.0. The van der Waals surface area contributed by atoms with Gasteiger partial charge in [0.2, 0.25) is 11.8 Å². The minimum atomic E-state index is -0.345. The van der Waals surface area contributed by atoms with Crippen molar-refractivity contribution in [2.75, 3.05) is 11.4 Å². The van der Waals surface area contributed by atoms with E-state index in [1.54, 1.807) is 23.1 Å². The van der Waals surface area contributed by atoms with Gasteiger partial charge in [-0.05, 0) is 23.1 Å². The number of anilines is 1. The summed E-state index contributed by atoms with van der Waals surface area (Å²) in [5.74, 6) is -0.686. The summed E-state index contributed by atoms with van der Waals surface area (Å²) >= 11 is 0. The molecule has 0 atom stereocenters. The van der Waals surface area contributed by atoms with Gasteiger partial charge in [-0.25, -0.2) is 4.39 Å². The molecule has 2 aromatic rings. The Labute approximate surface area is 160 Å². The lowest BCUT2D eigenvalue weighted by Gasteiger charge is -2.29. The number of amides is 2. The molecule has 144 valence electrons. The zero-order valence-electron chi connectivity index (χ0n) is 16.4. The number of hydrogen-bond donors (Lipinski definition) is 1. The maximum absolute atomic E-state index is 13.6. The number of carbonyl (C=O) groups excluding carboxylic acids is 2. The monoisotopic (exact) mass is 370 g/mol. The average Bonchev–Trinajstić information content (AvgIpc) is 2.60. The van der Waals surface area contributed by atoms with Crippen molar-refractivity contribution in [3.63, 3.8) is 0 Å². The third kappa shape index (κ3) is 5.64. The van der Waals surface area contributed by atoms with Crippen LogP contribution in [-0.2, 0) is 21.5 Å². The summed E-state index contributed by atoms with van der Waals surface area (Å²) in [5.41, 5.74) is 2.18. The first-order valence-corrected chi connectivity index (χ1v) is 9.08. The summed E-state index contributed by atoms with van der Waals surface area (Å²) in [6, 6.07) is 14.1. The van der Waals surface area contributed by atoms with Crippen molar-refractivity contribution in [3.05, 3.63) is 65.5 Å². The van der Waals surface area contributed by atoms with Gasteiger partial charge in [0.25, 0.3) is 0 Å². The molecule has 0 bridgehead atoms. The van der Waals surface area contributed by atoms with Gasteiger partial charge in [0.15, 0.2) is 0 Å². The van der Waals surface area contributed by atoms with E-state index < -0.39 is 0 Å². The van der Waals surface area contributed by atoms with Crippen molar-refractivity contribution in [3.8, 4) is 0 Å². The van der Waals surface area contributed by atoms with Crippen molar-refractivity contribution < 1.29 is 14.0 Å². The van der Waals surface area contributed by atoms with Crippen molar-refractivity contribution in [2.45, 2.75) is 46.1 Å². The normalized spacial score (nSPS) is 11.1. The summed E-state index contributed by atoms with van der Waals surface area (Å²) in [5, 5.41) is 2.71. The Bertz CT molecular complexity index is 812. The minimum Gasteiger partial charge on any atom is -0.352 e.